The summed E-state index contributed by atoms with van der Waals surface area (Å²) in [4.78, 5) is 26.5. The van der Waals surface area contributed by atoms with Crippen LogP contribution < -0.4 is 15.9 Å². The molecule has 7 heteroatoms. The molecule has 172 valence electrons. The van der Waals surface area contributed by atoms with Crippen molar-refractivity contribution in [2.24, 2.45) is 0 Å². The van der Waals surface area contributed by atoms with E-state index >= 15 is 0 Å². The highest BCUT2D eigenvalue weighted by Gasteiger charge is 2.18. The molecular formula is C26H29N3O4. The van der Waals surface area contributed by atoms with E-state index in [1.807, 2.05) is 61.5 Å². The van der Waals surface area contributed by atoms with E-state index in [2.05, 4.69) is 5.10 Å². The van der Waals surface area contributed by atoms with Gasteiger partial charge >= 0.3 is 0 Å². The smallest absolute Gasteiger partial charge is 0.276 e. The first kappa shape index (κ1) is 22.6. The molecule has 2 aromatic heterocycles. The zero-order valence-electron chi connectivity index (χ0n) is 19.0. The van der Waals surface area contributed by atoms with Crippen LogP contribution in [-0.2, 0) is 24.2 Å². The van der Waals surface area contributed by atoms with E-state index in [0.29, 0.717) is 55.7 Å². The fourth-order valence-electron chi connectivity index (χ4n) is 4.11. The van der Waals surface area contributed by atoms with Gasteiger partial charge in [-0.25, -0.2) is 4.68 Å². The van der Waals surface area contributed by atoms with E-state index in [0.717, 1.165) is 16.9 Å². The third kappa shape index (κ3) is 5.09. The average Bonchev–Trinajstić information content (AvgIpc) is 3.13. The lowest BCUT2D eigenvalue weighted by Gasteiger charge is -2.14. The number of H-pyrrole nitrogens is 1. The Morgan fingerprint density at radius 2 is 1.76 bits per heavy atom. The highest BCUT2D eigenvalue weighted by atomic mass is 16.5. The molecule has 0 bridgehead atoms. The van der Waals surface area contributed by atoms with Crippen LogP contribution in [-0.4, -0.2) is 34.7 Å². The second-order valence-electron chi connectivity index (χ2n) is 7.94. The average molecular weight is 448 g/mol. The van der Waals surface area contributed by atoms with Gasteiger partial charge in [0.2, 0.25) is 0 Å². The maximum absolute atomic E-state index is 13.5. The molecule has 0 aliphatic carbocycles. The molecule has 2 heterocycles. The third-order valence-electron chi connectivity index (χ3n) is 5.70. The number of pyridine rings is 1. The molecule has 0 radical (unpaired) electrons. The summed E-state index contributed by atoms with van der Waals surface area (Å²) in [6.07, 6.45) is 1.13. The van der Waals surface area contributed by atoms with E-state index in [4.69, 9.17) is 9.47 Å². The highest BCUT2D eigenvalue weighted by Crippen LogP contribution is 2.20. The lowest BCUT2D eigenvalue weighted by atomic mass is 10.1. The molecule has 0 aliphatic rings. The van der Waals surface area contributed by atoms with Gasteiger partial charge in [0, 0.05) is 37.9 Å². The van der Waals surface area contributed by atoms with Crippen LogP contribution in [0.2, 0.25) is 0 Å². The minimum Gasteiger partial charge on any atom is -0.497 e. The third-order valence-corrected chi connectivity index (χ3v) is 5.70. The molecule has 33 heavy (non-hydrogen) atoms. The number of hydrogen-bond donors (Lipinski definition) is 1. The van der Waals surface area contributed by atoms with Crippen molar-refractivity contribution in [1.82, 2.24) is 14.3 Å². The first-order valence-electron chi connectivity index (χ1n) is 11.2. The largest absolute Gasteiger partial charge is 0.497 e. The van der Waals surface area contributed by atoms with E-state index in [1.165, 1.54) is 6.07 Å². The van der Waals surface area contributed by atoms with Crippen LogP contribution in [0.15, 0.2) is 70.3 Å². The Hall–Kier alpha value is -3.58. The normalized spacial score (nSPS) is 11.2. The van der Waals surface area contributed by atoms with Crippen molar-refractivity contribution in [2.75, 3.05) is 20.3 Å². The summed E-state index contributed by atoms with van der Waals surface area (Å²) in [5, 5.41) is 3.69. The monoisotopic (exact) mass is 447 g/mol. The molecule has 0 saturated carbocycles. The van der Waals surface area contributed by atoms with E-state index in [9.17, 15) is 9.59 Å². The van der Waals surface area contributed by atoms with Gasteiger partial charge in [0.15, 0.2) is 0 Å². The number of rotatable bonds is 10. The fourth-order valence-corrected chi connectivity index (χ4v) is 4.11. The summed E-state index contributed by atoms with van der Waals surface area (Å²) in [7, 11) is 1.62. The molecule has 2 aromatic carbocycles. The molecule has 0 spiro atoms. The Balaban J connectivity index is 1.81. The molecule has 4 rings (SSSR count). The van der Waals surface area contributed by atoms with Gasteiger partial charge in [0.25, 0.3) is 11.1 Å². The highest BCUT2D eigenvalue weighted by molar-refractivity contribution is 5.80. The van der Waals surface area contributed by atoms with E-state index in [1.54, 1.807) is 16.4 Å². The molecule has 7 nitrogen and oxygen atoms in total. The molecule has 0 atom stereocenters. The van der Waals surface area contributed by atoms with Gasteiger partial charge in [-0.1, -0.05) is 42.5 Å². The van der Waals surface area contributed by atoms with Gasteiger partial charge in [-0.15, -0.1) is 0 Å². The summed E-state index contributed by atoms with van der Waals surface area (Å²) in [6.45, 7) is 4.03. The summed E-state index contributed by atoms with van der Waals surface area (Å²) in [5.74, 6) is 0.737. The Labute approximate surface area is 192 Å². The van der Waals surface area contributed by atoms with Crippen LogP contribution in [0.25, 0.3) is 10.9 Å². The van der Waals surface area contributed by atoms with Gasteiger partial charge in [0.05, 0.1) is 24.6 Å². The van der Waals surface area contributed by atoms with Crippen molar-refractivity contribution in [1.29, 1.82) is 0 Å². The van der Waals surface area contributed by atoms with Gasteiger partial charge in [0.1, 0.15) is 5.75 Å². The minimum absolute atomic E-state index is 0.134. The van der Waals surface area contributed by atoms with Gasteiger partial charge in [-0.2, -0.15) is 0 Å². The summed E-state index contributed by atoms with van der Waals surface area (Å²) in [5.41, 5.74) is 2.97. The quantitative estimate of drug-likeness (QED) is 0.377. The van der Waals surface area contributed by atoms with Crippen molar-refractivity contribution in [2.45, 2.75) is 32.9 Å². The topological polar surface area (TPSA) is 78.2 Å². The number of aromatic amines is 1. The second kappa shape index (κ2) is 10.4. The maximum Gasteiger partial charge on any atom is 0.276 e. The number of methoxy groups -OCH3 is 1. The summed E-state index contributed by atoms with van der Waals surface area (Å²) >= 11 is 0. The molecule has 0 unspecified atom stereocenters. The van der Waals surface area contributed by atoms with Crippen molar-refractivity contribution < 1.29 is 9.47 Å². The van der Waals surface area contributed by atoms with Crippen LogP contribution >= 0.6 is 0 Å². The number of ether oxygens (including phenoxy) is 2. The van der Waals surface area contributed by atoms with Crippen molar-refractivity contribution >= 4 is 10.9 Å². The standard InChI is InChI=1S/C26H29N3O4/c1-3-33-14-8-13-28-23(16-20-11-7-12-21(15-20)32-2)25-22(17-24(28)30)27-29(26(25)31)18-19-9-5-4-6-10-19/h4-7,9-12,15,17,27H,3,8,13-14,16,18H2,1-2H3. The Kier molecular flexibility index (Phi) is 7.10. The van der Waals surface area contributed by atoms with Crippen LogP contribution in [0.5, 0.6) is 5.75 Å². The first-order valence-corrected chi connectivity index (χ1v) is 11.2. The van der Waals surface area contributed by atoms with Crippen molar-refractivity contribution in [3.05, 3.63) is 98.2 Å². The lowest BCUT2D eigenvalue weighted by molar-refractivity contribution is 0.141. The Bertz CT molecular complexity index is 1340. The lowest BCUT2D eigenvalue weighted by Crippen LogP contribution is -2.26. The predicted molar refractivity (Wildman–Crippen MR) is 129 cm³/mol. The number of nitrogens with zero attached hydrogens (tertiary/aromatic N) is 2. The number of aromatic nitrogens is 3. The number of nitrogens with one attached hydrogen (secondary N) is 1. The molecule has 0 amide bonds. The molecule has 4 aromatic rings. The van der Waals surface area contributed by atoms with Gasteiger partial charge < -0.3 is 14.0 Å². The van der Waals surface area contributed by atoms with E-state index in [-0.39, 0.29) is 11.1 Å². The van der Waals surface area contributed by atoms with Gasteiger partial charge in [-0.3, -0.25) is 14.7 Å². The molecule has 0 saturated heterocycles. The fraction of sp³-hybridized carbons (Fsp3) is 0.308. The zero-order valence-corrected chi connectivity index (χ0v) is 19.0. The Morgan fingerprint density at radius 1 is 0.970 bits per heavy atom. The maximum atomic E-state index is 13.5. The molecule has 1 N–H and O–H groups in total. The van der Waals surface area contributed by atoms with Crippen LogP contribution in [0.1, 0.15) is 30.2 Å². The van der Waals surface area contributed by atoms with Crippen molar-refractivity contribution in [3.63, 3.8) is 0 Å². The minimum atomic E-state index is -0.134. The number of fused-ring (bicyclic) bond motifs is 1. The number of hydrogen-bond acceptors (Lipinski definition) is 4. The van der Waals surface area contributed by atoms with Crippen LogP contribution in [0.4, 0.5) is 0 Å². The SMILES string of the molecule is CCOCCCn1c(Cc2cccc(OC)c2)c2c(=O)n(Cc3ccccc3)[nH]c2cc1=O. The molecular weight excluding hydrogens is 418 g/mol. The molecule has 0 aliphatic heterocycles. The molecule has 0 fully saturated rings. The van der Waals surface area contributed by atoms with Crippen molar-refractivity contribution in [3.8, 4) is 5.75 Å². The van der Waals surface area contributed by atoms with E-state index < -0.39 is 0 Å². The first-order chi connectivity index (χ1) is 16.1. The summed E-state index contributed by atoms with van der Waals surface area (Å²) in [6, 6.07) is 19.0. The van der Waals surface area contributed by atoms with Crippen LogP contribution in [0, 0.1) is 0 Å². The predicted octanol–water partition coefficient (Wildman–Crippen LogP) is 3.57. The second-order valence-corrected chi connectivity index (χ2v) is 7.94. The Morgan fingerprint density at radius 3 is 2.52 bits per heavy atom. The number of benzene rings is 2. The summed E-state index contributed by atoms with van der Waals surface area (Å²) < 4.78 is 14.1. The van der Waals surface area contributed by atoms with Gasteiger partial charge in [-0.05, 0) is 36.6 Å². The van der Waals surface area contributed by atoms with Crippen LogP contribution in [0.3, 0.4) is 0 Å². The zero-order chi connectivity index (χ0) is 23.2.